The van der Waals surface area contributed by atoms with Crippen LogP contribution in [0, 0.1) is 0 Å². The van der Waals surface area contributed by atoms with Crippen molar-refractivity contribution < 1.29 is 9.47 Å². The van der Waals surface area contributed by atoms with Crippen LogP contribution in [-0.2, 0) is 19.9 Å². The first-order valence-electron chi connectivity index (χ1n) is 6.78. The standard InChI is InChI=1S/C15H17BrN2O2/c1-18-10-17-12(15(18)16)5-3-11-4-6-13-14(9-11)20-8-2-7-19-13/h4,6,9-10H,2-3,5,7-8H2,1H3. The van der Waals surface area contributed by atoms with Gasteiger partial charge in [0.2, 0.25) is 0 Å². The number of benzene rings is 1. The van der Waals surface area contributed by atoms with Crippen LogP contribution in [0.2, 0.25) is 0 Å². The van der Waals surface area contributed by atoms with Gasteiger partial charge in [-0.15, -0.1) is 0 Å². The molecule has 0 spiro atoms. The Bertz CT molecular complexity index is 610. The van der Waals surface area contributed by atoms with Gasteiger partial charge in [-0.05, 0) is 46.5 Å². The summed E-state index contributed by atoms with van der Waals surface area (Å²) in [5.41, 5.74) is 2.33. The molecule has 5 heteroatoms. The molecule has 106 valence electrons. The summed E-state index contributed by atoms with van der Waals surface area (Å²) in [6.45, 7) is 1.45. The number of aryl methyl sites for hydroxylation is 3. The summed E-state index contributed by atoms with van der Waals surface area (Å²) in [6, 6.07) is 6.19. The van der Waals surface area contributed by atoms with E-state index in [1.807, 2.05) is 24.0 Å². The lowest BCUT2D eigenvalue weighted by atomic mass is 10.1. The molecule has 2 heterocycles. The van der Waals surface area contributed by atoms with Crippen LogP contribution in [0.5, 0.6) is 11.5 Å². The number of imidazole rings is 1. The second-order valence-electron chi connectivity index (χ2n) is 4.92. The molecule has 0 radical (unpaired) electrons. The predicted molar refractivity (Wildman–Crippen MR) is 80.4 cm³/mol. The minimum Gasteiger partial charge on any atom is -0.490 e. The van der Waals surface area contributed by atoms with Crippen molar-refractivity contribution in [3.63, 3.8) is 0 Å². The molecule has 20 heavy (non-hydrogen) atoms. The summed E-state index contributed by atoms with van der Waals surface area (Å²) >= 11 is 3.55. The first-order valence-corrected chi connectivity index (χ1v) is 7.57. The molecule has 3 rings (SSSR count). The minimum absolute atomic E-state index is 0.724. The first-order chi connectivity index (χ1) is 9.74. The van der Waals surface area contributed by atoms with Gasteiger partial charge in [0.25, 0.3) is 0 Å². The molecule has 0 bridgehead atoms. The summed E-state index contributed by atoms with van der Waals surface area (Å²) in [6.07, 6.45) is 4.60. The predicted octanol–water partition coefficient (Wildman–Crippen LogP) is 3.13. The molecule has 0 aliphatic carbocycles. The molecule has 2 aromatic rings. The van der Waals surface area contributed by atoms with Gasteiger partial charge in [0.05, 0.1) is 25.2 Å². The fourth-order valence-electron chi connectivity index (χ4n) is 2.26. The minimum atomic E-state index is 0.724. The SMILES string of the molecule is Cn1cnc(CCc2ccc3c(c2)OCCCO3)c1Br. The van der Waals surface area contributed by atoms with Crippen molar-refractivity contribution in [3.05, 3.63) is 40.4 Å². The zero-order valence-corrected chi connectivity index (χ0v) is 13.0. The van der Waals surface area contributed by atoms with E-state index in [0.29, 0.717) is 0 Å². The fraction of sp³-hybridized carbons (Fsp3) is 0.400. The van der Waals surface area contributed by atoms with Crippen molar-refractivity contribution in [1.29, 1.82) is 0 Å². The van der Waals surface area contributed by atoms with Crippen molar-refractivity contribution in [2.24, 2.45) is 7.05 Å². The molecule has 1 aliphatic rings. The Kier molecular flexibility index (Phi) is 3.96. The maximum absolute atomic E-state index is 5.71. The van der Waals surface area contributed by atoms with Gasteiger partial charge in [-0.3, -0.25) is 0 Å². The lowest BCUT2D eigenvalue weighted by molar-refractivity contribution is 0.297. The van der Waals surface area contributed by atoms with Gasteiger partial charge in [0, 0.05) is 13.5 Å². The number of hydrogen-bond donors (Lipinski definition) is 0. The lowest BCUT2D eigenvalue weighted by Gasteiger charge is -2.09. The number of ether oxygens (including phenoxy) is 2. The second kappa shape index (κ2) is 5.87. The highest BCUT2D eigenvalue weighted by Crippen LogP contribution is 2.31. The summed E-state index contributed by atoms with van der Waals surface area (Å²) in [5.74, 6) is 1.71. The quantitative estimate of drug-likeness (QED) is 0.863. The van der Waals surface area contributed by atoms with E-state index in [1.54, 1.807) is 0 Å². The third kappa shape index (κ3) is 2.82. The van der Waals surface area contributed by atoms with Gasteiger partial charge in [-0.2, -0.15) is 0 Å². The molecule has 0 fully saturated rings. The van der Waals surface area contributed by atoms with Crippen LogP contribution in [0.1, 0.15) is 17.7 Å². The van der Waals surface area contributed by atoms with E-state index in [1.165, 1.54) is 5.56 Å². The average molecular weight is 337 g/mol. The molecule has 0 amide bonds. The van der Waals surface area contributed by atoms with Gasteiger partial charge in [-0.1, -0.05) is 6.07 Å². The monoisotopic (exact) mass is 336 g/mol. The van der Waals surface area contributed by atoms with Gasteiger partial charge >= 0.3 is 0 Å². The van der Waals surface area contributed by atoms with Crippen molar-refractivity contribution >= 4 is 15.9 Å². The molecular weight excluding hydrogens is 320 g/mol. The molecule has 1 aliphatic heterocycles. The normalized spacial score (nSPS) is 14.1. The molecule has 0 unspecified atom stereocenters. The Morgan fingerprint density at radius 3 is 2.75 bits per heavy atom. The fourth-order valence-corrected chi connectivity index (χ4v) is 2.65. The molecular formula is C15H17BrN2O2. The Morgan fingerprint density at radius 2 is 2.00 bits per heavy atom. The van der Waals surface area contributed by atoms with Crippen LogP contribution in [0.3, 0.4) is 0 Å². The van der Waals surface area contributed by atoms with Gasteiger partial charge in [-0.25, -0.2) is 4.98 Å². The third-order valence-electron chi connectivity index (χ3n) is 3.40. The number of hydrogen-bond acceptors (Lipinski definition) is 3. The number of halogens is 1. The average Bonchev–Trinajstić information content (AvgIpc) is 2.68. The maximum Gasteiger partial charge on any atom is 0.161 e. The number of aromatic nitrogens is 2. The highest BCUT2D eigenvalue weighted by atomic mass is 79.9. The van der Waals surface area contributed by atoms with E-state index >= 15 is 0 Å². The van der Waals surface area contributed by atoms with Crippen LogP contribution in [0.4, 0.5) is 0 Å². The maximum atomic E-state index is 5.71. The van der Waals surface area contributed by atoms with Crippen molar-refractivity contribution in [1.82, 2.24) is 9.55 Å². The van der Waals surface area contributed by atoms with Crippen LogP contribution < -0.4 is 9.47 Å². The van der Waals surface area contributed by atoms with E-state index in [9.17, 15) is 0 Å². The van der Waals surface area contributed by atoms with E-state index in [-0.39, 0.29) is 0 Å². The second-order valence-corrected chi connectivity index (χ2v) is 5.68. The molecule has 0 saturated heterocycles. The summed E-state index contributed by atoms with van der Waals surface area (Å²) < 4.78 is 14.4. The number of nitrogens with zero attached hydrogens (tertiary/aromatic N) is 2. The van der Waals surface area contributed by atoms with Crippen molar-refractivity contribution in [3.8, 4) is 11.5 Å². The van der Waals surface area contributed by atoms with E-state index in [4.69, 9.17) is 9.47 Å². The van der Waals surface area contributed by atoms with Crippen LogP contribution >= 0.6 is 15.9 Å². The highest BCUT2D eigenvalue weighted by Gasteiger charge is 2.11. The molecule has 1 aromatic heterocycles. The first kappa shape index (κ1) is 13.5. The highest BCUT2D eigenvalue weighted by molar-refractivity contribution is 9.10. The lowest BCUT2D eigenvalue weighted by Crippen LogP contribution is -1.97. The molecule has 4 nitrogen and oxygen atoms in total. The Labute approximate surface area is 126 Å². The van der Waals surface area contributed by atoms with E-state index in [0.717, 1.165) is 54.3 Å². The van der Waals surface area contributed by atoms with Crippen LogP contribution in [-0.4, -0.2) is 22.8 Å². The number of fused-ring (bicyclic) bond motifs is 1. The Balaban J connectivity index is 1.72. The zero-order chi connectivity index (χ0) is 13.9. The Morgan fingerprint density at radius 1 is 1.20 bits per heavy atom. The smallest absolute Gasteiger partial charge is 0.161 e. The van der Waals surface area contributed by atoms with Gasteiger partial charge in [0.15, 0.2) is 11.5 Å². The zero-order valence-electron chi connectivity index (χ0n) is 11.4. The molecule has 0 saturated carbocycles. The van der Waals surface area contributed by atoms with E-state index in [2.05, 4.69) is 33.0 Å². The van der Waals surface area contributed by atoms with Crippen LogP contribution in [0.15, 0.2) is 29.1 Å². The van der Waals surface area contributed by atoms with Crippen LogP contribution in [0.25, 0.3) is 0 Å². The summed E-state index contributed by atoms with van der Waals surface area (Å²) in [5, 5.41) is 0. The molecule has 0 N–H and O–H groups in total. The topological polar surface area (TPSA) is 36.3 Å². The summed E-state index contributed by atoms with van der Waals surface area (Å²) in [7, 11) is 1.98. The largest absolute Gasteiger partial charge is 0.490 e. The third-order valence-corrected chi connectivity index (χ3v) is 4.41. The van der Waals surface area contributed by atoms with Crippen molar-refractivity contribution in [2.45, 2.75) is 19.3 Å². The molecule has 1 aromatic carbocycles. The van der Waals surface area contributed by atoms with Gasteiger partial charge in [0.1, 0.15) is 4.60 Å². The molecule has 0 atom stereocenters. The number of rotatable bonds is 3. The van der Waals surface area contributed by atoms with Crippen molar-refractivity contribution in [2.75, 3.05) is 13.2 Å². The Hall–Kier alpha value is -1.49. The summed E-state index contributed by atoms with van der Waals surface area (Å²) in [4.78, 5) is 4.39. The van der Waals surface area contributed by atoms with E-state index < -0.39 is 0 Å². The van der Waals surface area contributed by atoms with Gasteiger partial charge < -0.3 is 14.0 Å².